The Bertz CT molecular complexity index is 444. The summed E-state index contributed by atoms with van der Waals surface area (Å²) in [5.41, 5.74) is 7.30. The van der Waals surface area contributed by atoms with Crippen LogP contribution in [0.25, 0.3) is 10.9 Å². The van der Waals surface area contributed by atoms with Crippen LogP contribution in [0, 0.1) is 6.57 Å². The maximum atomic E-state index is 10.8. The Labute approximate surface area is 87.8 Å². The maximum Gasteiger partial charge on any atom is 0.330 e. The molecular formula is C11H10N2O2. The second-order valence-electron chi connectivity index (χ2n) is 2.78. The summed E-state index contributed by atoms with van der Waals surface area (Å²) < 4.78 is 4.44. The van der Waals surface area contributed by atoms with Gasteiger partial charge < -0.3 is 10.5 Å². The largest absolute Gasteiger partial charge is 0.466 e. The molecule has 0 fully saturated rings. The lowest BCUT2D eigenvalue weighted by atomic mass is 10.1. The molecule has 0 unspecified atom stereocenters. The first kappa shape index (κ1) is 10.8. The minimum absolute atomic E-state index is 0.456. The van der Waals surface area contributed by atoms with Crippen molar-refractivity contribution in [2.45, 2.75) is 0 Å². The number of hydrogen-bond donors (Lipinski definition) is 1. The fourth-order valence-electron chi connectivity index (χ4n) is 1.00. The van der Waals surface area contributed by atoms with Crippen molar-refractivity contribution in [2.75, 3.05) is 12.8 Å². The molecule has 0 amide bonds. The van der Waals surface area contributed by atoms with Gasteiger partial charge >= 0.3 is 5.97 Å². The molecule has 2 N–H and O–H groups in total. The molecule has 1 aromatic rings. The van der Waals surface area contributed by atoms with E-state index in [1.807, 2.05) is 0 Å². The Morgan fingerprint density at radius 3 is 2.93 bits per heavy atom. The minimum atomic E-state index is -0.456. The number of esters is 1. The van der Waals surface area contributed by atoms with Gasteiger partial charge in [-0.1, -0.05) is 6.07 Å². The van der Waals surface area contributed by atoms with Crippen LogP contribution in [-0.4, -0.2) is 13.1 Å². The molecule has 1 aromatic carbocycles. The molecule has 4 heteroatoms. The number of nitrogen functional groups attached to an aromatic ring is 1. The van der Waals surface area contributed by atoms with E-state index in [-0.39, 0.29) is 0 Å². The fraction of sp³-hybridized carbons (Fsp3) is 0.0909. The summed E-state index contributed by atoms with van der Waals surface area (Å²) in [7, 11) is 1.30. The zero-order valence-corrected chi connectivity index (χ0v) is 8.23. The van der Waals surface area contributed by atoms with Crippen LogP contribution in [0.15, 0.2) is 24.3 Å². The second kappa shape index (κ2) is 4.82. The zero-order chi connectivity index (χ0) is 11.3. The smallest absolute Gasteiger partial charge is 0.330 e. The number of carbonyl (C=O) groups is 1. The molecular weight excluding hydrogens is 192 g/mol. The van der Waals surface area contributed by atoms with E-state index in [4.69, 9.17) is 12.3 Å². The third-order valence-electron chi connectivity index (χ3n) is 1.80. The molecule has 0 aliphatic heterocycles. The van der Waals surface area contributed by atoms with E-state index in [1.165, 1.54) is 19.3 Å². The van der Waals surface area contributed by atoms with Crippen molar-refractivity contribution in [2.24, 2.45) is 0 Å². The van der Waals surface area contributed by atoms with Gasteiger partial charge in [0.15, 0.2) is 5.69 Å². The predicted octanol–water partition coefficient (Wildman–Crippen LogP) is 2.01. The molecule has 0 saturated carbocycles. The van der Waals surface area contributed by atoms with Gasteiger partial charge in [-0.2, -0.15) is 0 Å². The first-order valence-corrected chi connectivity index (χ1v) is 4.20. The van der Waals surface area contributed by atoms with Gasteiger partial charge in [-0.3, -0.25) is 0 Å². The Balaban J connectivity index is 2.99. The van der Waals surface area contributed by atoms with E-state index in [0.717, 1.165) is 0 Å². The average Bonchev–Trinajstić information content (AvgIpc) is 2.27. The van der Waals surface area contributed by atoms with Crippen molar-refractivity contribution in [3.8, 4) is 0 Å². The lowest BCUT2D eigenvalue weighted by Gasteiger charge is -2.00. The summed E-state index contributed by atoms with van der Waals surface area (Å²) in [5, 5.41) is 0. The first-order chi connectivity index (χ1) is 7.17. The number of benzene rings is 1. The Kier molecular flexibility index (Phi) is 3.47. The Morgan fingerprint density at radius 2 is 2.33 bits per heavy atom. The van der Waals surface area contributed by atoms with Crippen molar-refractivity contribution in [3.05, 3.63) is 41.3 Å². The highest BCUT2D eigenvalue weighted by molar-refractivity contribution is 5.88. The maximum absolute atomic E-state index is 10.8. The van der Waals surface area contributed by atoms with Crippen LogP contribution in [0.2, 0.25) is 0 Å². The summed E-state index contributed by atoms with van der Waals surface area (Å²) in [6.07, 6.45) is 2.79. The molecule has 0 saturated heterocycles. The highest BCUT2D eigenvalue weighted by Crippen LogP contribution is 2.21. The molecule has 0 aromatic heterocycles. The van der Waals surface area contributed by atoms with Gasteiger partial charge in [0.1, 0.15) is 0 Å². The SMILES string of the molecule is [C-]#[N+]c1ccc(N)c(C=CC(=O)OC)c1. The molecule has 0 spiro atoms. The van der Waals surface area contributed by atoms with E-state index in [1.54, 1.807) is 18.2 Å². The molecule has 76 valence electrons. The van der Waals surface area contributed by atoms with Crippen LogP contribution < -0.4 is 5.73 Å². The molecule has 1 rings (SSSR count). The van der Waals surface area contributed by atoms with Crippen molar-refractivity contribution in [3.63, 3.8) is 0 Å². The molecule has 0 atom stereocenters. The summed E-state index contributed by atoms with van der Waals surface area (Å²) >= 11 is 0. The zero-order valence-electron chi connectivity index (χ0n) is 8.23. The summed E-state index contributed by atoms with van der Waals surface area (Å²) in [6, 6.07) is 4.86. The molecule has 0 bridgehead atoms. The molecule has 0 aliphatic carbocycles. The van der Waals surface area contributed by atoms with Gasteiger partial charge in [-0.05, 0) is 23.8 Å². The standard InChI is InChI=1S/C11H10N2O2/c1-13-9-4-5-10(12)8(7-9)3-6-11(14)15-2/h3-7H,12H2,2H3. The number of carbonyl (C=O) groups excluding carboxylic acids is 1. The fourth-order valence-corrected chi connectivity index (χ4v) is 1.00. The van der Waals surface area contributed by atoms with Gasteiger partial charge in [0.05, 0.1) is 13.7 Å². The third-order valence-corrected chi connectivity index (χ3v) is 1.80. The number of nitrogens with zero attached hydrogens (tertiary/aromatic N) is 1. The first-order valence-electron chi connectivity index (χ1n) is 4.20. The van der Waals surface area contributed by atoms with Crippen molar-refractivity contribution < 1.29 is 9.53 Å². The van der Waals surface area contributed by atoms with Gasteiger partial charge in [0.25, 0.3) is 0 Å². The number of anilines is 1. The number of nitrogens with two attached hydrogens (primary N) is 1. The highest BCUT2D eigenvalue weighted by Gasteiger charge is 1.98. The number of hydrogen-bond acceptors (Lipinski definition) is 3. The average molecular weight is 202 g/mol. The second-order valence-corrected chi connectivity index (χ2v) is 2.78. The van der Waals surface area contributed by atoms with Crippen LogP contribution in [0.4, 0.5) is 11.4 Å². The Hall–Kier alpha value is -2.28. The summed E-state index contributed by atoms with van der Waals surface area (Å²) in [5.74, 6) is -0.456. The Morgan fingerprint density at radius 1 is 1.60 bits per heavy atom. The molecule has 0 heterocycles. The van der Waals surface area contributed by atoms with Crippen molar-refractivity contribution in [1.29, 1.82) is 0 Å². The topological polar surface area (TPSA) is 56.7 Å². The van der Waals surface area contributed by atoms with Gasteiger partial charge in [-0.25, -0.2) is 9.64 Å². The number of methoxy groups -OCH3 is 1. The van der Waals surface area contributed by atoms with Crippen LogP contribution in [0.1, 0.15) is 5.56 Å². The van der Waals surface area contributed by atoms with E-state index >= 15 is 0 Å². The molecule has 0 radical (unpaired) electrons. The van der Waals surface area contributed by atoms with Gasteiger partial charge in [0, 0.05) is 11.8 Å². The summed E-state index contributed by atoms with van der Waals surface area (Å²) in [6.45, 7) is 6.83. The van der Waals surface area contributed by atoms with Crippen LogP contribution in [0.5, 0.6) is 0 Å². The molecule has 4 nitrogen and oxygen atoms in total. The van der Waals surface area contributed by atoms with Gasteiger partial charge in [-0.15, -0.1) is 0 Å². The van der Waals surface area contributed by atoms with Crippen molar-refractivity contribution in [1.82, 2.24) is 0 Å². The number of ether oxygens (including phenoxy) is 1. The monoisotopic (exact) mass is 202 g/mol. The minimum Gasteiger partial charge on any atom is -0.466 e. The lowest BCUT2D eigenvalue weighted by molar-refractivity contribution is -0.134. The predicted molar refractivity (Wildman–Crippen MR) is 58.2 cm³/mol. The van der Waals surface area contributed by atoms with Crippen molar-refractivity contribution >= 4 is 23.4 Å². The quantitative estimate of drug-likeness (QED) is 0.345. The van der Waals surface area contributed by atoms with E-state index in [2.05, 4.69) is 9.58 Å². The third kappa shape index (κ3) is 2.85. The highest BCUT2D eigenvalue weighted by atomic mass is 16.5. The molecule has 15 heavy (non-hydrogen) atoms. The van der Waals surface area contributed by atoms with Crippen LogP contribution >= 0.6 is 0 Å². The summed E-state index contributed by atoms with van der Waals surface area (Å²) in [4.78, 5) is 14.1. The lowest BCUT2D eigenvalue weighted by Crippen LogP contribution is -1.94. The van der Waals surface area contributed by atoms with E-state index in [9.17, 15) is 4.79 Å². The normalized spacial score (nSPS) is 9.87. The number of rotatable bonds is 2. The van der Waals surface area contributed by atoms with Crippen LogP contribution in [-0.2, 0) is 9.53 Å². The van der Waals surface area contributed by atoms with E-state index < -0.39 is 5.97 Å². The van der Waals surface area contributed by atoms with Crippen LogP contribution in [0.3, 0.4) is 0 Å². The van der Waals surface area contributed by atoms with E-state index in [0.29, 0.717) is 16.9 Å². The van der Waals surface area contributed by atoms with Gasteiger partial charge in [0.2, 0.25) is 0 Å². The molecule has 0 aliphatic rings.